The highest BCUT2D eigenvalue weighted by atomic mass is 16.5. The molecule has 0 fully saturated rings. The molecule has 0 saturated heterocycles. The van der Waals surface area contributed by atoms with Crippen molar-refractivity contribution >= 4 is 11.6 Å². The second-order valence-corrected chi connectivity index (χ2v) is 2.74. The SMILES string of the molecule is CCOc1ccccc1NNC(C)=O. The van der Waals surface area contributed by atoms with Crippen molar-refractivity contribution in [3.05, 3.63) is 24.3 Å². The van der Waals surface area contributed by atoms with Gasteiger partial charge in [-0.05, 0) is 19.1 Å². The Balaban J connectivity index is 2.68. The van der Waals surface area contributed by atoms with Crippen LogP contribution in [0.25, 0.3) is 0 Å². The predicted molar refractivity (Wildman–Crippen MR) is 55.1 cm³/mol. The summed E-state index contributed by atoms with van der Waals surface area (Å²) in [6.45, 7) is 3.95. The normalized spacial score (nSPS) is 9.29. The quantitative estimate of drug-likeness (QED) is 0.715. The molecule has 0 bridgehead atoms. The van der Waals surface area contributed by atoms with Crippen molar-refractivity contribution in [3.8, 4) is 5.75 Å². The maximum Gasteiger partial charge on any atom is 0.235 e. The molecule has 1 amide bonds. The van der Waals surface area contributed by atoms with Crippen molar-refractivity contribution < 1.29 is 9.53 Å². The topological polar surface area (TPSA) is 50.4 Å². The fourth-order valence-corrected chi connectivity index (χ4v) is 1.01. The number of carbonyl (C=O) groups is 1. The smallest absolute Gasteiger partial charge is 0.235 e. The van der Waals surface area contributed by atoms with E-state index in [0.717, 1.165) is 11.4 Å². The molecule has 0 spiro atoms. The zero-order chi connectivity index (χ0) is 10.4. The number of ether oxygens (including phenoxy) is 1. The van der Waals surface area contributed by atoms with E-state index in [9.17, 15) is 4.79 Å². The van der Waals surface area contributed by atoms with E-state index >= 15 is 0 Å². The molecule has 0 atom stereocenters. The number of para-hydroxylation sites is 2. The molecule has 0 radical (unpaired) electrons. The summed E-state index contributed by atoms with van der Waals surface area (Å²) in [5.41, 5.74) is 6.02. The average molecular weight is 194 g/mol. The minimum atomic E-state index is -0.142. The van der Waals surface area contributed by atoms with Crippen molar-refractivity contribution in [2.45, 2.75) is 13.8 Å². The van der Waals surface area contributed by atoms with Crippen molar-refractivity contribution in [2.24, 2.45) is 0 Å². The highest BCUT2D eigenvalue weighted by Crippen LogP contribution is 2.22. The summed E-state index contributed by atoms with van der Waals surface area (Å²) in [6, 6.07) is 7.42. The van der Waals surface area contributed by atoms with Gasteiger partial charge in [0, 0.05) is 6.92 Å². The molecule has 0 aliphatic carbocycles. The van der Waals surface area contributed by atoms with Gasteiger partial charge in [0.05, 0.1) is 12.3 Å². The molecule has 4 heteroatoms. The van der Waals surface area contributed by atoms with Gasteiger partial charge in [0.1, 0.15) is 5.75 Å². The second-order valence-electron chi connectivity index (χ2n) is 2.74. The minimum Gasteiger partial charge on any atom is -0.492 e. The van der Waals surface area contributed by atoms with E-state index in [1.54, 1.807) is 0 Å². The lowest BCUT2D eigenvalue weighted by atomic mass is 10.3. The lowest BCUT2D eigenvalue weighted by molar-refractivity contribution is -0.118. The number of nitrogens with one attached hydrogen (secondary N) is 2. The van der Waals surface area contributed by atoms with Crippen LogP contribution in [0.1, 0.15) is 13.8 Å². The highest BCUT2D eigenvalue weighted by molar-refractivity contribution is 5.75. The Morgan fingerprint density at radius 3 is 2.79 bits per heavy atom. The lowest BCUT2D eigenvalue weighted by Gasteiger charge is -2.11. The molecule has 76 valence electrons. The number of rotatable bonds is 4. The predicted octanol–water partition coefficient (Wildman–Crippen LogP) is 1.55. The summed E-state index contributed by atoms with van der Waals surface area (Å²) in [6.07, 6.45) is 0. The monoisotopic (exact) mass is 194 g/mol. The largest absolute Gasteiger partial charge is 0.492 e. The third-order valence-corrected chi connectivity index (χ3v) is 1.56. The van der Waals surface area contributed by atoms with E-state index in [1.807, 2.05) is 31.2 Å². The lowest BCUT2D eigenvalue weighted by Crippen LogP contribution is -2.26. The van der Waals surface area contributed by atoms with Gasteiger partial charge in [-0.3, -0.25) is 15.6 Å². The Morgan fingerprint density at radius 2 is 2.14 bits per heavy atom. The van der Waals surface area contributed by atoms with E-state index in [4.69, 9.17) is 4.74 Å². The van der Waals surface area contributed by atoms with E-state index in [-0.39, 0.29) is 5.91 Å². The number of anilines is 1. The summed E-state index contributed by atoms with van der Waals surface area (Å²) in [7, 11) is 0. The van der Waals surface area contributed by atoms with Gasteiger partial charge in [-0.25, -0.2) is 0 Å². The molecule has 0 heterocycles. The number of benzene rings is 1. The molecular formula is C10H14N2O2. The van der Waals surface area contributed by atoms with E-state index in [1.165, 1.54) is 6.92 Å². The van der Waals surface area contributed by atoms with Crippen molar-refractivity contribution in [1.82, 2.24) is 5.43 Å². The van der Waals surface area contributed by atoms with Gasteiger partial charge < -0.3 is 4.74 Å². The first-order valence-corrected chi connectivity index (χ1v) is 4.48. The van der Waals surface area contributed by atoms with Gasteiger partial charge >= 0.3 is 0 Å². The molecule has 14 heavy (non-hydrogen) atoms. The van der Waals surface area contributed by atoms with Crippen LogP contribution in [0.2, 0.25) is 0 Å². The van der Waals surface area contributed by atoms with Gasteiger partial charge in [0.2, 0.25) is 5.91 Å². The summed E-state index contributed by atoms with van der Waals surface area (Å²) in [5, 5.41) is 0. The summed E-state index contributed by atoms with van der Waals surface area (Å²) < 4.78 is 5.36. The number of hydrazine groups is 1. The standard InChI is InChI=1S/C10H14N2O2/c1-3-14-10-7-5-4-6-9(10)12-11-8(2)13/h4-7,12H,3H2,1-2H3,(H,11,13). The summed E-state index contributed by atoms with van der Waals surface area (Å²) >= 11 is 0. The van der Waals surface area contributed by atoms with Gasteiger partial charge in [0.25, 0.3) is 0 Å². The molecule has 1 rings (SSSR count). The Kier molecular flexibility index (Phi) is 3.79. The molecule has 2 N–H and O–H groups in total. The van der Waals surface area contributed by atoms with Crippen LogP contribution in [0.4, 0.5) is 5.69 Å². The van der Waals surface area contributed by atoms with Crippen LogP contribution >= 0.6 is 0 Å². The molecule has 0 aromatic heterocycles. The Hall–Kier alpha value is -1.71. The first-order valence-electron chi connectivity index (χ1n) is 4.48. The summed E-state index contributed by atoms with van der Waals surface area (Å²) in [5.74, 6) is 0.583. The molecule has 0 unspecified atom stereocenters. The van der Waals surface area contributed by atoms with Gasteiger partial charge in [-0.15, -0.1) is 0 Å². The number of amides is 1. The maximum absolute atomic E-state index is 10.7. The third kappa shape index (κ3) is 2.97. The van der Waals surface area contributed by atoms with E-state index < -0.39 is 0 Å². The zero-order valence-corrected chi connectivity index (χ0v) is 8.33. The molecule has 4 nitrogen and oxygen atoms in total. The molecule has 0 saturated carbocycles. The number of carbonyl (C=O) groups excluding carboxylic acids is 1. The van der Waals surface area contributed by atoms with Crippen LogP contribution in [0.5, 0.6) is 5.75 Å². The zero-order valence-electron chi connectivity index (χ0n) is 8.33. The first kappa shape index (κ1) is 10.4. The molecule has 0 aliphatic heterocycles. The van der Waals surface area contributed by atoms with Gasteiger partial charge in [-0.1, -0.05) is 12.1 Å². The van der Waals surface area contributed by atoms with Crippen LogP contribution < -0.4 is 15.6 Å². The van der Waals surface area contributed by atoms with Crippen molar-refractivity contribution in [3.63, 3.8) is 0 Å². The highest BCUT2D eigenvalue weighted by Gasteiger charge is 2.00. The molecule has 1 aromatic rings. The minimum absolute atomic E-state index is 0.142. The fraction of sp³-hybridized carbons (Fsp3) is 0.300. The second kappa shape index (κ2) is 5.11. The first-order chi connectivity index (χ1) is 6.74. The average Bonchev–Trinajstić information content (AvgIpc) is 2.17. The Bertz CT molecular complexity index is 313. The summed E-state index contributed by atoms with van der Waals surface area (Å²) in [4.78, 5) is 10.7. The maximum atomic E-state index is 10.7. The van der Waals surface area contributed by atoms with Crippen LogP contribution in [-0.4, -0.2) is 12.5 Å². The van der Waals surface area contributed by atoms with Gasteiger partial charge in [0.15, 0.2) is 0 Å². The number of hydrogen-bond acceptors (Lipinski definition) is 3. The van der Waals surface area contributed by atoms with Crippen LogP contribution in [0, 0.1) is 0 Å². The van der Waals surface area contributed by atoms with Gasteiger partial charge in [-0.2, -0.15) is 0 Å². The van der Waals surface area contributed by atoms with Crippen LogP contribution in [0.15, 0.2) is 24.3 Å². The van der Waals surface area contributed by atoms with Crippen LogP contribution in [0.3, 0.4) is 0 Å². The Morgan fingerprint density at radius 1 is 1.43 bits per heavy atom. The molecule has 0 aliphatic rings. The van der Waals surface area contributed by atoms with E-state index in [0.29, 0.717) is 6.61 Å². The van der Waals surface area contributed by atoms with Crippen LogP contribution in [-0.2, 0) is 4.79 Å². The van der Waals surface area contributed by atoms with E-state index in [2.05, 4.69) is 10.9 Å². The third-order valence-electron chi connectivity index (χ3n) is 1.56. The van der Waals surface area contributed by atoms with Crippen molar-refractivity contribution in [2.75, 3.05) is 12.0 Å². The number of hydrogen-bond donors (Lipinski definition) is 2. The fourth-order valence-electron chi connectivity index (χ4n) is 1.01. The Labute approximate surface area is 83.2 Å². The molecule has 1 aromatic carbocycles. The molecular weight excluding hydrogens is 180 g/mol. The van der Waals surface area contributed by atoms with Crippen molar-refractivity contribution in [1.29, 1.82) is 0 Å².